The minimum Gasteiger partial charge on any atom is -0.464 e. The Bertz CT molecular complexity index is 346. The summed E-state index contributed by atoms with van der Waals surface area (Å²) < 4.78 is 5.07. The Balaban J connectivity index is 2.27. The van der Waals surface area contributed by atoms with Gasteiger partial charge in [-0.25, -0.2) is 0 Å². The lowest BCUT2D eigenvalue weighted by atomic mass is 10.1. The largest absolute Gasteiger partial charge is 0.464 e. The number of hydrogen-bond acceptors (Lipinski definition) is 3. The molecule has 100 valence electrons. The second kappa shape index (κ2) is 8.56. The molecule has 0 fully saturated rings. The fourth-order valence-corrected chi connectivity index (χ4v) is 1.63. The smallest absolute Gasteiger partial charge is 0.325 e. The molecule has 3 heteroatoms. The molecule has 0 saturated carbocycles. The highest BCUT2D eigenvalue weighted by Gasteiger charge is 2.02. The lowest BCUT2D eigenvalue weighted by molar-refractivity contribution is -0.141. The Morgan fingerprint density at radius 1 is 1.17 bits per heavy atom. The maximum absolute atomic E-state index is 11.4. The average molecular weight is 249 g/mol. The molecule has 0 aliphatic rings. The van der Waals surface area contributed by atoms with Gasteiger partial charge >= 0.3 is 5.97 Å². The zero-order valence-corrected chi connectivity index (χ0v) is 11.4. The van der Waals surface area contributed by atoms with E-state index < -0.39 is 0 Å². The van der Waals surface area contributed by atoms with Crippen LogP contribution in [0, 0.1) is 0 Å². The first-order valence-electron chi connectivity index (χ1n) is 6.74. The molecule has 0 aliphatic carbocycles. The van der Waals surface area contributed by atoms with Gasteiger partial charge in [-0.1, -0.05) is 38.8 Å². The Morgan fingerprint density at radius 3 is 2.50 bits per heavy atom. The second-order valence-corrected chi connectivity index (χ2v) is 4.37. The maximum Gasteiger partial charge on any atom is 0.325 e. The average Bonchev–Trinajstić information content (AvgIpc) is 2.39. The first kappa shape index (κ1) is 14.6. The molecule has 0 aromatic heterocycles. The topological polar surface area (TPSA) is 38.3 Å². The minimum atomic E-state index is -0.193. The van der Waals surface area contributed by atoms with Gasteiger partial charge in [-0.2, -0.15) is 0 Å². The fourth-order valence-electron chi connectivity index (χ4n) is 1.63. The van der Waals surface area contributed by atoms with E-state index >= 15 is 0 Å². The van der Waals surface area contributed by atoms with Gasteiger partial charge < -0.3 is 10.1 Å². The molecule has 1 rings (SSSR count). The summed E-state index contributed by atoms with van der Waals surface area (Å²) >= 11 is 0. The third-order valence-corrected chi connectivity index (χ3v) is 2.69. The molecule has 0 radical (unpaired) electrons. The van der Waals surface area contributed by atoms with Gasteiger partial charge in [-0.05, 0) is 30.5 Å². The Kier molecular flexibility index (Phi) is 6.92. The fraction of sp³-hybridized carbons (Fsp3) is 0.533. The standard InChI is InChI=1S/C15H23NO2/c1-3-5-11-18-15(17)12-16-14-9-7-13(6-4-2)8-10-14/h7-10,16H,3-6,11-12H2,1-2H3. The highest BCUT2D eigenvalue weighted by molar-refractivity contribution is 5.74. The summed E-state index contributed by atoms with van der Waals surface area (Å²) in [6, 6.07) is 8.19. The van der Waals surface area contributed by atoms with E-state index in [1.54, 1.807) is 0 Å². The van der Waals surface area contributed by atoms with Gasteiger partial charge in [0.1, 0.15) is 6.54 Å². The summed E-state index contributed by atoms with van der Waals surface area (Å²) in [6.45, 7) is 4.99. The zero-order chi connectivity index (χ0) is 13.2. The van der Waals surface area contributed by atoms with E-state index in [0.717, 1.165) is 31.4 Å². The van der Waals surface area contributed by atoms with Crippen molar-refractivity contribution in [2.75, 3.05) is 18.5 Å². The molecular weight excluding hydrogens is 226 g/mol. The van der Waals surface area contributed by atoms with Crippen molar-refractivity contribution in [2.45, 2.75) is 39.5 Å². The molecule has 0 heterocycles. The number of carbonyl (C=O) groups is 1. The molecule has 1 N–H and O–H groups in total. The first-order chi connectivity index (χ1) is 8.76. The van der Waals surface area contributed by atoms with E-state index in [1.807, 2.05) is 12.1 Å². The zero-order valence-electron chi connectivity index (χ0n) is 11.4. The monoisotopic (exact) mass is 249 g/mol. The van der Waals surface area contributed by atoms with Crippen molar-refractivity contribution in [3.8, 4) is 0 Å². The van der Waals surface area contributed by atoms with Gasteiger partial charge in [0, 0.05) is 5.69 Å². The summed E-state index contributed by atoms with van der Waals surface area (Å²) in [5.74, 6) is -0.193. The molecule has 0 spiro atoms. The van der Waals surface area contributed by atoms with Crippen LogP contribution in [0.1, 0.15) is 38.7 Å². The summed E-state index contributed by atoms with van der Waals surface area (Å²) in [5.41, 5.74) is 2.29. The molecule has 1 aromatic rings. The van der Waals surface area contributed by atoms with Crippen molar-refractivity contribution >= 4 is 11.7 Å². The predicted octanol–water partition coefficient (Wildman–Crippen LogP) is 3.39. The summed E-state index contributed by atoms with van der Waals surface area (Å²) in [7, 11) is 0. The number of benzene rings is 1. The van der Waals surface area contributed by atoms with Crippen molar-refractivity contribution in [3.05, 3.63) is 29.8 Å². The van der Waals surface area contributed by atoms with Crippen LogP contribution in [-0.4, -0.2) is 19.1 Å². The highest BCUT2D eigenvalue weighted by atomic mass is 16.5. The van der Waals surface area contributed by atoms with Crippen LogP contribution in [-0.2, 0) is 16.0 Å². The molecule has 0 amide bonds. The van der Waals surface area contributed by atoms with Crippen LogP contribution in [0.25, 0.3) is 0 Å². The van der Waals surface area contributed by atoms with Crippen molar-refractivity contribution in [3.63, 3.8) is 0 Å². The Morgan fingerprint density at radius 2 is 1.89 bits per heavy atom. The lowest BCUT2D eigenvalue weighted by Gasteiger charge is -2.07. The normalized spacial score (nSPS) is 10.1. The third kappa shape index (κ3) is 5.71. The van der Waals surface area contributed by atoms with Crippen molar-refractivity contribution in [1.29, 1.82) is 0 Å². The third-order valence-electron chi connectivity index (χ3n) is 2.69. The molecule has 0 saturated heterocycles. The SMILES string of the molecule is CCCCOC(=O)CNc1ccc(CCC)cc1. The number of rotatable bonds is 8. The van der Waals surface area contributed by atoms with E-state index in [-0.39, 0.29) is 12.5 Å². The maximum atomic E-state index is 11.4. The van der Waals surface area contributed by atoms with E-state index in [1.165, 1.54) is 5.56 Å². The molecule has 1 aromatic carbocycles. The second-order valence-electron chi connectivity index (χ2n) is 4.37. The van der Waals surface area contributed by atoms with Crippen LogP contribution in [0.2, 0.25) is 0 Å². The number of carbonyl (C=O) groups excluding carboxylic acids is 1. The number of aryl methyl sites for hydroxylation is 1. The molecule has 0 unspecified atom stereocenters. The van der Waals surface area contributed by atoms with Crippen molar-refractivity contribution < 1.29 is 9.53 Å². The number of unbranched alkanes of at least 4 members (excludes halogenated alkanes) is 1. The van der Waals surface area contributed by atoms with Crippen LogP contribution in [0.5, 0.6) is 0 Å². The number of esters is 1. The van der Waals surface area contributed by atoms with E-state index in [9.17, 15) is 4.79 Å². The quantitative estimate of drug-likeness (QED) is 0.567. The molecule has 3 nitrogen and oxygen atoms in total. The summed E-state index contributed by atoms with van der Waals surface area (Å²) in [4.78, 5) is 11.4. The summed E-state index contributed by atoms with van der Waals surface area (Å²) in [5, 5.41) is 3.07. The summed E-state index contributed by atoms with van der Waals surface area (Å²) in [6.07, 6.45) is 4.22. The molecule has 0 atom stereocenters. The van der Waals surface area contributed by atoms with E-state index in [4.69, 9.17) is 4.74 Å². The number of anilines is 1. The lowest BCUT2D eigenvalue weighted by Crippen LogP contribution is -2.17. The molecule has 0 bridgehead atoms. The van der Waals surface area contributed by atoms with Crippen LogP contribution in [0.3, 0.4) is 0 Å². The molecule has 0 aliphatic heterocycles. The minimum absolute atomic E-state index is 0.193. The van der Waals surface area contributed by atoms with Gasteiger partial charge in [-0.15, -0.1) is 0 Å². The molecule has 18 heavy (non-hydrogen) atoms. The van der Waals surface area contributed by atoms with Gasteiger partial charge in [-0.3, -0.25) is 4.79 Å². The van der Waals surface area contributed by atoms with Crippen LogP contribution in [0.4, 0.5) is 5.69 Å². The van der Waals surface area contributed by atoms with Crippen LogP contribution >= 0.6 is 0 Å². The Hall–Kier alpha value is -1.51. The van der Waals surface area contributed by atoms with E-state index in [0.29, 0.717) is 6.61 Å². The van der Waals surface area contributed by atoms with Gasteiger partial charge in [0.25, 0.3) is 0 Å². The van der Waals surface area contributed by atoms with Crippen LogP contribution < -0.4 is 5.32 Å². The van der Waals surface area contributed by atoms with Crippen molar-refractivity contribution in [2.24, 2.45) is 0 Å². The van der Waals surface area contributed by atoms with E-state index in [2.05, 4.69) is 31.3 Å². The predicted molar refractivity (Wildman–Crippen MR) is 74.8 cm³/mol. The number of hydrogen-bond donors (Lipinski definition) is 1. The number of nitrogens with one attached hydrogen (secondary N) is 1. The number of ether oxygens (including phenoxy) is 1. The van der Waals surface area contributed by atoms with Crippen LogP contribution in [0.15, 0.2) is 24.3 Å². The van der Waals surface area contributed by atoms with Crippen molar-refractivity contribution in [1.82, 2.24) is 0 Å². The Labute approximate surface area is 110 Å². The molecular formula is C15H23NO2. The van der Waals surface area contributed by atoms with Gasteiger partial charge in [0.15, 0.2) is 0 Å². The first-order valence-corrected chi connectivity index (χ1v) is 6.74. The highest BCUT2D eigenvalue weighted by Crippen LogP contribution is 2.10. The van der Waals surface area contributed by atoms with Gasteiger partial charge in [0.2, 0.25) is 0 Å². The van der Waals surface area contributed by atoms with Gasteiger partial charge in [0.05, 0.1) is 6.61 Å².